The number of hydrogen-bond donors (Lipinski definition) is 0. The van der Waals surface area contributed by atoms with Crippen LogP contribution in [0.5, 0.6) is 0 Å². The number of fused-ring (bicyclic) bond motifs is 9. The normalized spacial score (nSPS) is 13.8. The van der Waals surface area contributed by atoms with Gasteiger partial charge >= 0.3 is 0 Å². The number of hydrogen-bond acceptors (Lipinski definition) is 1. The Morgan fingerprint density at radius 3 is 1.71 bits per heavy atom. The van der Waals surface area contributed by atoms with E-state index in [2.05, 4.69) is 247 Å². The molecule has 12 rings (SSSR count). The van der Waals surface area contributed by atoms with E-state index in [1.54, 1.807) is 0 Å². The highest BCUT2D eigenvalue weighted by Crippen LogP contribution is 2.46. The largest absolute Gasteiger partial charge is 0.333 e. The van der Waals surface area contributed by atoms with Crippen LogP contribution in [0.2, 0.25) is 0 Å². The topological polar surface area (TPSA) is 8.17 Å². The molecule has 2 nitrogen and oxygen atoms in total. The van der Waals surface area contributed by atoms with Crippen LogP contribution in [-0.2, 0) is 0 Å². The van der Waals surface area contributed by atoms with Gasteiger partial charge in [0.15, 0.2) is 0 Å². The van der Waals surface area contributed by atoms with Crippen LogP contribution in [0.3, 0.4) is 0 Å². The number of aromatic nitrogens is 1. The molecule has 2 heteroatoms. The van der Waals surface area contributed by atoms with E-state index in [0.717, 1.165) is 12.1 Å². The van der Waals surface area contributed by atoms with Gasteiger partial charge in [0.25, 0.3) is 0 Å². The molecular formula is C61H44N2. The van der Waals surface area contributed by atoms with Crippen LogP contribution in [0, 0.1) is 6.92 Å². The average Bonchev–Trinajstić information content (AvgIpc) is 3.70. The zero-order valence-corrected chi connectivity index (χ0v) is 35.1. The second-order valence-electron chi connectivity index (χ2n) is 16.8. The quantitative estimate of drug-likeness (QED) is 0.146. The minimum Gasteiger partial charge on any atom is -0.333 e. The summed E-state index contributed by atoms with van der Waals surface area (Å²) >= 11 is 0. The van der Waals surface area contributed by atoms with Gasteiger partial charge in [-0.1, -0.05) is 176 Å². The average molecular weight is 805 g/mol. The Morgan fingerprint density at radius 1 is 0.429 bits per heavy atom. The van der Waals surface area contributed by atoms with Gasteiger partial charge < -0.3 is 9.47 Å². The van der Waals surface area contributed by atoms with Gasteiger partial charge in [-0.25, -0.2) is 0 Å². The van der Waals surface area contributed by atoms with Crippen molar-refractivity contribution >= 4 is 65.5 Å². The second-order valence-corrected chi connectivity index (χ2v) is 16.8. The SMILES string of the molecule is Cc1cccc(-c2cc(-c3ccc4c5ccccc5c5ccccc5c4c3)cc(-c3cccc4c5ccccc5n(-c5ccccc5)c34)c2)c1N(c1ccccc1)C1C=CC=CC1. The summed E-state index contributed by atoms with van der Waals surface area (Å²) < 4.78 is 2.46. The van der Waals surface area contributed by atoms with Crippen molar-refractivity contribution in [1.82, 2.24) is 4.57 Å². The van der Waals surface area contributed by atoms with E-state index in [4.69, 9.17) is 0 Å². The molecule has 0 bridgehead atoms. The third-order valence-corrected chi connectivity index (χ3v) is 13.1. The molecule has 0 saturated heterocycles. The van der Waals surface area contributed by atoms with Gasteiger partial charge in [0.2, 0.25) is 0 Å². The molecule has 0 saturated carbocycles. The monoisotopic (exact) mass is 804 g/mol. The standard InChI is InChI=1S/C61H44N2/c1-41-19-17-31-49(60(41)62(46-20-5-2-6-21-46)47-22-7-3-8-23-47)44-37-43(42-35-36-55-53-28-12-11-26-51(53)52-27-13-14-29-54(52)58(55)40-42)38-45(39-44)50-32-18-33-57-56-30-15-16-34-59(56)63(61(50)57)48-24-9-4-10-25-48/h2-22,24-40,47H,23H2,1H3. The highest BCUT2D eigenvalue weighted by atomic mass is 15.2. The minimum atomic E-state index is 0.166. The lowest BCUT2D eigenvalue weighted by molar-refractivity contribution is 0.783. The molecule has 1 aliphatic rings. The Kier molecular flexibility index (Phi) is 8.90. The Bertz CT molecular complexity index is 3570. The summed E-state index contributed by atoms with van der Waals surface area (Å²) in [5.41, 5.74) is 14.3. The fourth-order valence-corrected chi connectivity index (χ4v) is 10.3. The van der Waals surface area contributed by atoms with E-state index < -0.39 is 0 Å². The summed E-state index contributed by atoms with van der Waals surface area (Å²) in [6.45, 7) is 2.26. The van der Waals surface area contributed by atoms with Crippen LogP contribution in [0.4, 0.5) is 11.4 Å². The molecule has 0 amide bonds. The van der Waals surface area contributed by atoms with Gasteiger partial charge in [-0.2, -0.15) is 0 Å². The fourth-order valence-electron chi connectivity index (χ4n) is 10.3. The van der Waals surface area contributed by atoms with Crippen LogP contribution in [0.15, 0.2) is 231 Å². The van der Waals surface area contributed by atoms with Crippen molar-refractivity contribution in [3.8, 4) is 39.1 Å². The number of anilines is 2. The maximum absolute atomic E-state index is 2.55. The molecule has 1 atom stereocenters. The first-order valence-corrected chi connectivity index (χ1v) is 22.0. The molecule has 298 valence electrons. The highest BCUT2D eigenvalue weighted by Gasteiger charge is 2.25. The molecule has 11 aromatic rings. The van der Waals surface area contributed by atoms with Crippen LogP contribution >= 0.6 is 0 Å². The predicted octanol–water partition coefficient (Wildman–Crippen LogP) is 16.6. The molecule has 63 heavy (non-hydrogen) atoms. The van der Waals surface area contributed by atoms with Gasteiger partial charge in [0.1, 0.15) is 0 Å². The molecule has 0 N–H and O–H groups in total. The summed E-state index contributed by atoms with van der Waals surface area (Å²) in [7, 11) is 0. The Labute approximate surface area is 367 Å². The fraction of sp³-hybridized carbons (Fsp3) is 0.0492. The highest BCUT2D eigenvalue weighted by molar-refractivity contribution is 6.26. The van der Waals surface area contributed by atoms with Crippen LogP contribution in [0.25, 0.3) is 93.2 Å². The summed E-state index contributed by atoms with van der Waals surface area (Å²) in [6, 6.07) is 76.5. The van der Waals surface area contributed by atoms with E-state index in [0.29, 0.717) is 0 Å². The minimum absolute atomic E-state index is 0.166. The van der Waals surface area contributed by atoms with Crippen LogP contribution in [0.1, 0.15) is 12.0 Å². The van der Waals surface area contributed by atoms with Gasteiger partial charge in [0.05, 0.1) is 22.8 Å². The maximum Gasteiger partial charge on any atom is 0.0619 e. The summed E-state index contributed by atoms with van der Waals surface area (Å²) in [4.78, 5) is 2.55. The first-order chi connectivity index (χ1) is 31.2. The molecule has 0 radical (unpaired) electrons. The molecule has 0 aliphatic heterocycles. The van der Waals surface area contributed by atoms with Crippen molar-refractivity contribution in [2.45, 2.75) is 19.4 Å². The lowest BCUT2D eigenvalue weighted by Crippen LogP contribution is -2.30. The van der Waals surface area contributed by atoms with Gasteiger partial charge in [0, 0.05) is 33.3 Å². The van der Waals surface area contributed by atoms with Gasteiger partial charge in [-0.15, -0.1) is 0 Å². The molecule has 10 aromatic carbocycles. The van der Waals surface area contributed by atoms with E-state index in [1.165, 1.54) is 104 Å². The zero-order chi connectivity index (χ0) is 41.9. The number of benzene rings is 10. The maximum atomic E-state index is 2.55. The smallest absolute Gasteiger partial charge is 0.0619 e. The molecule has 0 fully saturated rings. The van der Waals surface area contributed by atoms with Crippen molar-refractivity contribution in [2.75, 3.05) is 4.90 Å². The van der Waals surface area contributed by atoms with Crippen molar-refractivity contribution in [3.05, 3.63) is 236 Å². The van der Waals surface area contributed by atoms with Crippen molar-refractivity contribution in [1.29, 1.82) is 0 Å². The van der Waals surface area contributed by atoms with E-state index >= 15 is 0 Å². The lowest BCUT2D eigenvalue weighted by atomic mass is 9.88. The van der Waals surface area contributed by atoms with Gasteiger partial charge in [-0.3, -0.25) is 0 Å². The van der Waals surface area contributed by atoms with Crippen LogP contribution in [-0.4, -0.2) is 10.6 Å². The lowest BCUT2D eigenvalue weighted by Gasteiger charge is -2.35. The number of rotatable bonds is 7. The summed E-state index contributed by atoms with van der Waals surface area (Å²) in [5, 5.41) is 10.2. The van der Waals surface area contributed by atoms with E-state index in [9.17, 15) is 0 Å². The Morgan fingerprint density at radius 2 is 1.00 bits per heavy atom. The van der Waals surface area contributed by atoms with Crippen molar-refractivity contribution < 1.29 is 0 Å². The Balaban J connectivity index is 1.16. The third-order valence-electron chi connectivity index (χ3n) is 13.1. The molecular weight excluding hydrogens is 761 g/mol. The number of aryl methyl sites for hydroxylation is 1. The summed E-state index contributed by atoms with van der Waals surface area (Å²) in [5.74, 6) is 0. The van der Waals surface area contributed by atoms with Crippen molar-refractivity contribution in [3.63, 3.8) is 0 Å². The first-order valence-electron chi connectivity index (χ1n) is 22.0. The third kappa shape index (κ3) is 6.17. The Hall–Kier alpha value is -7.94. The van der Waals surface area contributed by atoms with E-state index in [-0.39, 0.29) is 6.04 Å². The zero-order valence-electron chi connectivity index (χ0n) is 35.1. The van der Waals surface area contributed by atoms with E-state index in [1.807, 2.05) is 0 Å². The predicted molar refractivity (Wildman–Crippen MR) is 270 cm³/mol. The number of allylic oxidation sites excluding steroid dienone is 2. The molecule has 1 aliphatic carbocycles. The number of nitrogens with zero attached hydrogens (tertiary/aromatic N) is 2. The summed E-state index contributed by atoms with van der Waals surface area (Å²) in [6.07, 6.45) is 9.92. The van der Waals surface area contributed by atoms with Gasteiger partial charge in [-0.05, 0) is 128 Å². The number of para-hydroxylation sites is 5. The molecule has 0 spiro atoms. The van der Waals surface area contributed by atoms with Crippen molar-refractivity contribution in [2.24, 2.45) is 0 Å². The molecule has 1 heterocycles. The second kappa shape index (κ2) is 15.2. The first kappa shape index (κ1) is 36.9. The molecule has 1 aromatic heterocycles. The van der Waals surface area contributed by atoms with Crippen LogP contribution < -0.4 is 4.90 Å². The molecule has 1 unspecified atom stereocenters.